The van der Waals surface area contributed by atoms with Crippen LogP contribution in [0.25, 0.3) is 5.70 Å². The maximum absolute atomic E-state index is 5.87. The van der Waals surface area contributed by atoms with Gasteiger partial charge in [0.1, 0.15) is 0 Å². The first-order chi connectivity index (χ1) is 12.9. The zero-order valence-corrected chi connectivity index (χ0v) is 14.9. The topological polar surface area (TPSA) is 62.7 Å². The van der Waals surface area contributed by atoms with Crippen LogP contribution < -0.4 is 4.90 Å². The summed E-state index contributed by atoms with van der Waals surface area (Å²) in [7, 11) is 0. The second kappa shape index (κ2) is 8.19. The summed E-state index contributed by atoms with van der Waals surface area (Å²) in [4.78, 5) is 7.07. The molecule has 6 nitrogen and oxygen atoms in total. The van der Waals surface area contributed by atoms with E-state index in [0.29, 0.717) is 6.61 Å². The van der Waals surface area contributed by atoms with Crippen LogP contribution in [-0.2, 0) is 15.9 Å². The lowest BCUT2D eigenvalue weighted by Gasteiger charge is -2.29. The smallest absolute Gasteiger partial charge is 0.188 e. The maximum Gasteiger partial charge on any atom is 0.188 e. The third-order valence-corrected chi connectivity index (χ3v) is 4.69. The Hall–Kier alpha value is -2.60. The van der Waals surface area contributed by atoms with Crippen molar-refractivity contribution >= 4 is 17.3 Å². The van der Waals surface area contributed by atoms with Gasteiger partial charge in [-0.1, -0.05) is 18.2 Å². The fourth-order valence-electron chi connectivity index (χ4n) is 3.22. The lowest BCUT2D eigenvalue weighted by atomic mass is 10.1. The number of morpholine rings is 1. The summed E-state index contributed by atoms with van der Waals surface area (Å²) in [6.45, 7) is 4.14. The van der Waals surface area contributed by atoms with Crippen LogP contribution in [0, 0.1) is 0 Å². The van der Waals surface area contributed by atoms with Crippen molar-refractivity contribution in [3.63, 3.8) is 0 Å². The van der Waals surface area contributed by atoms with Crippen molar-refractivity contribution in [1.29, 1.82) is 0 Å². The molecule has 26 heavy (non-hydrogen) atoms. The molecule has 0 atom stereocenters. The Kier molecular flexibility index (Phi) is 5.30. The van der Waals surface area contributed by atoms with E-state index in [9.17, 15) is 0 Å². The van der Waals surface area contributed by atoms with Crippen molar-refractivity contribution in [3.05, 3.63) is 53.9 Å². The van der Waals surface area contributed by atoms with Gasteiger partial charge in [0.2, 0.25) is 0 Å². The van der Waals surface area contributed by atoms with E-state index in [4.69, 9.17) is 14.5 Å². The van der Waals surface area contributed by atoms with E-state index in [2.05, 4.69) is 45.4 Å². The summed E-state index contributed by atoms with van der Waals surface area (Å²) in [5, 5.41) is 6.77. The molecule has 2 aliphatic rings. The number of H-pyrrole nitrogens is 1. The van der Waals surface area contributed by atoms with Crippen molar-refractivity contribution in [1.82, 2.24) is 10.2 Å². The number of nitrogens with one attached hydrogen (secondary N) is 1. The van der Waals surface area contributed by atoms with Crippen LogP contribution in [0.5, 0.6) is 0 Å². The highest BCUT2D eigenvalue weighted by molar-refractivity contribution is 5.86. The molecule has 0 amide bonds. The monoisotopic (exact) mass is 352 g/mol. The highest BCUT2D eigenvalue weighted by Gasteiger charge is 2.13. The SMILES string of the molecule is C1=C(c2ccc(N3CCOCC3)cc2)N=C(OCCc2cn[nH]c2)CC1. The van der Waals surface area contributed by atoms with Gasteiger partial charge < -0.3 is 14.4 Å². The molecule has 0 bridgehead atoms. The lowest BCUT2D eigenvalue weighted by Crippen LogP contribution is -2.36. The van der Waals surface area contributed by atoms with E-state index in [1.807, 2.05) is 12.4 Å². The van der Waals surface area contributed by atoms with E-state index >= 15 is 0 Å². The number of ether oxygens (including phenoxy) is 2. The molecule has 1 aromatic heterocycles. The number of allylic oxidation sites excluding steroid dienone is 1. The zero-order chi connectivity index (χ0) is 17.6. The van der Waals surface area contributed by atoms with Gasteiger partial charge in [0.15, 0.2) is 5.90 Å². The lowest BCUT2D eigenvalue weighted by molar-refractivity contribution is 0.122. The van der Waals surface area contributed by atoms with Gasteiger partial charge in [-0.2, -0.15) is 5.10 Å². The summed E-state index contributed by atoms with van der Waals surface area (Å²) in [6, 6.07) is 8.64. The fourth-order valence-corrected chi connectivity index (χ4v) is 3.22. The molecule has 0 radical (unpaired) electrons. The molecular weight excluding hydrogens is 328 g/mol. The molecule has 0 aliphatic carbocycles. The van der Waals surface area contributed by atoms with Crippen LogP contribution >= 0.6 is 0 Å². The first-order valence-electron chi connectivity index (χ1n) is 9.20. The molecule has 2 aliphatic heterocycles. The molecule has 1 fully saturated rings. The van der Waals surface area contributed by atoms with Crippen molar-refractivity contribution < 1.29 is 9.47 Å². The molecule has 136 valence electrons. The van der Waals surface area contributed by atoms with Gasteiger partial charge in [-0.15, -0.1) is 0 Å². The van der Waals surface area contributed by atoms with Gasteiger partial charge >= 0.3 is 0 Å². The van der Waals surface area contributed by atoms with Crippen LogP contribution in [0.15, 0.2) is 47.7 Å². The minimum absolute atomic E-state index is 0.627. The number of aromatic amines is 1. The molecule has 0 spiro atoms. The van der Waals surface area contributed by atoms with E-state index in [1.165, 1.54) is 5.69 Å². The zero-order valence-electron chi connectivity index (χ0n) is 14.9. The minimum Gasteiger partial charge on any atom is -0.480 e. The summed E-state index contributed by atoms with van der Waals surface area (Å²) in [5.41, 5.74) is 4.53. The van der Waals surface area contributed by atoms with Gasteiger partial charge in [-0.05, 0) is 24.1 Å². The van der Waals surface area contributed by atoms with Gasteiger partial charge in [-0.3, -0.25) is 5.10 Å². The predicted molar refractivity (Wildman–Crippen MR) is 102 cm³/mol. The Morgan fingerprint density at radius 3 is 2.77 bits per heavy atom. The summed E-state index contributed by atoms with van der Waals surface area (Å²) in [6.07, 6.45) is 8.57. The third-order valence-electron chi connectivity index (χ3n) is 4.69. The fraction of sp³-hybridized carbons (Fsp3) is 0.400. The predicted octanol–water partition coefficient (Wildman–Crippen LogP) is 3.04. The Morgan fingerprint density at radius 2 is 2.00 bits per heavy atom. The summed E-state index contributed by atoms with van der Waals surface area (Å²) < 4.78 is 11.3. The van der Waals surface area contributed by atoms with Crippen molar-refractivity contribution in [3.8, 4) is 0 Å². The Labute approximate surface area is 153 Å². The third kappa shape index (κ3) is 4.14. The number of anilines is 1. The van der Waals surface area contributed by atoms with Gasteiger partial charge in [0.25, 0.3) is 0 Å². The Bertz CT molecular complexity index is 760. The molecule has 0 unspecified atom stereocenters. The molecule has 0 saturated carbocycles. The van der Waals surface area contributed by atoms with Crippen LogP contribution in [0.4, 0.5) is 5.69 Å². The Morgan fingerprint density at radius 1 is 1.15 bits per heavy atom. The van der Waals surface area contributed by atoms with Crippen LogP contribution in [0.2, 0.25) is 0 Å². The Balaban J connectivity index is 1.37. The molecular formula is C20H24N4O2. The first-order valence-corrected chi connectivity index (χ1v) is 9.20. The molecule has 6 heteroatoms. The summed E-state index contributed by atoms with van der Waals surface area (Å²) in [5.74, 6) is 0.822. The molecule has 4 rings (SSSR count). The number of nitrogens with zero attached hydrogens (tertiary/aromatic N) is 3. The average molecular weight is 352 g/mol. The molecule has 2 aromatic rings. The number of aromatic nitrogens is 2. The van der Waals surface area contributed by atoms with E-state index in [-0.39, 0.29) is 0 Å². The number of hydrogen-bond acceptors (Lipinski definition) is 5. The number of rotatable bonds is 5. The van der Waals surface area contributed by atoms with Crippen molar-refractivity contribution in [2.24, 2.45) is 4.99 Å². The van der Waals surface area contributed by atoms with E-state index < -0.39 is 0 Å². The minimum atomic E-state index is 0.627. The quantitative estimate of drug-likeness (QED) is 0.898. The second-order valence-corrected chi connectivity index (χ2v) is 6.48. The van der Waals surface area contributed by atoms with E-state index in [1.54, 1.807) is 0 Å². The average Bonchev–Trinajstić information content (AvgIpc) is 3.23. The van der Waals surface area contributed by atoms with Gasteiger partial charge in [-0.25, -0.2) is 4.99 Å². The molecule has 1 N–H and O–H groups in total. The van der Waals surface area contributed by atoms with E-state index in [0.717, 1.165) is 68.3 Å². The van der Waals surface area contributed by atoms with Gasteiger partial charge in [0, 0.05) is 43.4 Å². The maximum atomic E-state index is 5.87. The summed E-state index contributed by atoms with van der Waals surface area (Å²) >= 11 is 0. The van der Waals surface area contributed by atoms with Crippen LogP contribution in [0.1, 0.15) is 24.0 Å². The second-order valence-electron chi connectivity index (χ2n) is 6.48. The van der Waals surface area contributed by atoms with Crippen molar-refractivity contribution in [2.45, 2.75) is 19.3 Å². The number of benzene rings is 1. The molecule has 1 saturated heterocycles. The van der Waals surface area contributed by atoms with Crippen LogP contribution in [0.3, 0.4) is 0 Å². The van der Waals surface area contributed by atoms with Crippen LogP contribution in [-0.4, -0.2) is 49.0 Å². The number of hydrogen-bond donors (Lipinski definition) is 1. The van der Waals surface area contributed by atoms with Gasteiger partial charge in [0.05, 0.1) is 31.7 Å². The normalized spacial score (nSPS) is 17.6. The van der Waals surface area contributed by atoms with Crippen molar-refractivity contribution in [2.75, 3.05) is 37.8 Å². The standard InChI is InChI=1S/C20H24N4O2/c1-2-19(23-20(3-1)26-11-8-16-14-21-22-15-16)17-4-6-18(7-5-17)24-9-12-25-13-10-24/h2,4-7,14-15H,1,3,8-13H2,(H,21,22). The highest BCUT2D eigenvalue weighted by atomic mass is 16.5. The first kappa shape index (κ1) is 16.8. The highest BCUT2D eigenvalue weighted by Crippen LogP contribution is 2.25. The number of aliphatic imine (C=N–C) groups is 1. The molecule has 3 heterocycles. The molecule has 1 aromatic carbocycles. The largest absolute Gasteiger partial charge is 0.480 e.